The molecule has 10 amide bonds. The van der Waals surface area contributed by atoms with Crippen molar-refractivity contribution in [3.05, 3.63) is 65.9 Å². The molecule has 3 aromatic rings. The molecule has 0 spiro atoms. The van der Waals surface area contributed by atoms with Gasteiger partial charge in [-0.05, 0) is 119 Å². The Morgan fingerprint density at radius 2 is 1.02 bits per heavy atom. The van der Waals surface area contributed by atoms with Gasteiger partial charge < -0.3 is 85.4 Å². The second-order valence-corrected chi connectivity index (χ2v) is 22.8. The molecule has 0 unspecified atom stereocenters. The number of aliphatic hydroxyl groups excluding tert-OH is 1. The molecule has 0 saturated heterocycles. The zero-order valence-electron chi connectivity index (χ0n) is 49.3. The van der Waals surface area contributed by atoms with E-state index in [1.807, 2.05) is 26.0 Å². The lowest BCUT2D eigenvalue weighted by atomic mass is 9.99. The van der Waals surface area contributed by atoms with Crippen molar-refractivity contribution < 1.29 is 68.1 Å². The standard InChI is InChI=1S/C57H87N13O14S/c1-30(2)24-42(54(80)69-45(57(83)84)25-31(3)4)66-55(81)44(27-35-28-61-38-13-9-8-12-37(35)38)68-52(78)41(21-23-85-7)65-51(77)40(19-20-47(60)73)64-49(75)33(6)62-53(79)43(26-34-15-17-36(72)18-16-34)67-56(82)46(29-71)70-50(76)39(14-10-11-22-58)63-48(74)32(5)59/h8-9,12-13,15-18,28,30-33,39-46,61,71-72H,10-11,14,19-27,29,58-59H2,1-7H3,(H2,60,73)(H,62,79)(H,63,74)(H,64,75)(H,65,77)(H,66,81)(H,67,82)(H,68,78)(H,69,80)(H,70,76)(H,83,84)/t32-,33-,39-,40-,41-,42-,43-,44-,45-,46-/m0/s1. The van der Waals surface area contributed by atoms with Gasteiger partial charge in [0.25, 0.3) is 0 Å². The number of carboxylic acid groups (broad SMARTS) is 1. The van der Waals surface area contributed by atoms with Crippen molar-refractivity contribution in [2.75, 3.05) is 25.2 Å². The number of H-pyrrole nitrogens is 1. The molecule has 0 bridgehead atoms. The van der Waals surface area contributed by atoms with Crippen molar-refractivity contribution in [2.45, 2.75) is 166 Å². The molecule has 2 aromatic carbocycles. The van der Waals surface area contributed by atoms with Gasteiger partial charge in [-0.3, -0.25) is 47.9 Å². The lowest BCUT2D eigenvalue weighted by Crippen LogP contribution is -2.61. The number of para-hydroxylation sites is 1. The number of aromatic nitrogens is 1. The van der Waals surface area contributed by atoms with Crippen LogP contribution in [0, 0.1) is 11.8 Å². The molecule has 3 rings (SSSR count). The number of nitrogens with one attached hydrogen (secondary N) is 10. The Labute approximate surface area is 498 Å². The van der Waals surface area contributed by atoms with Crippen LogP contribution in [0.2, 0.25) is 0 Å². The van der Waals surface area contributed by atoms with Crippen LogP contribution >= 0.6 is 11.8 Å². The van der Waals surface area contributed by atoms with Gasteiger partial charge >= 0.3 is 5.97 Å². The van der Waals surface area contributed by atoms with E-state index in [0.29, 0.717) is 36.3 Å². The Morgan fingerprint density at radius 3 is 1.59 bits per heavy atom. The first kappa shape index (κ1) is 71.4. The fourth-order valence-corrected chi connectivity index (χ4v) is 9.30. The van der Waals surface area contributed by atoms with Crippen molar-refractivity contribution >= 4 is 87.7 Å². The van der Waals surface area contributed by atoms with Gasteiger partial charge in [0.15, 0.2) is 0 Å². The Hall–Kier alpha value is -7.82. The predicted octanol–water partition coefficient (Wildman–Crippen LogP) is -1.29. The highest BCUT2D eigenvalue weighted by Gasteiger charge is 2.36. The van der Waals surface area contributed by atoms with Gasteiger partial charge in [-0.25, -0.2) is 4.79 Å². The van der Waals surface area contributed by atoms with E-state index in [9.17, 15) is 68.1 Å². The molecule has 0 aliphatic rings. The number of phenolic OH excluding ortho intramolecular Hbond substituents is 1. The second-order valence-electron chi connectivity index (χ2n) is 21.8. The van der Waals surface area contributed by atoms with Gasteiger partial charge in [-0.15, -0.1) is 0 Å². The Bertz CT molecular complexity index is 2740. The summed E-state index contributed by atoms with van der Waals surface area (Å²) in [5.41, 5.74) is 18.5. The van der Waals surface area contributed by atoms with Crippen LogP contribution in [0.4, 0.5) is 0 Å². The molecular formula is C57H87N13O14S. The average Bonchev–Trinajstić information content (AvgIpc) is 3.65. The molecule has 1 aromatic heterocycles. The zero-order chi connectivity index (χ0) is 63.5. The first-order chi connectivity index (χ1) is 40.2. The van der Waals surface area contributed by atoms with Crippen LogP contribution in [0.25, 0.3) is 10.9 Å². The second kappa shape index (κ2) is 36.1. The number of amides is 10. The van der Waals surface area contributed by atoms with Crippen LogP contribution in [-0.4, -0.2) is 171 Å². The van der Waals surface area contributed by atoms with Crippen LogP contribution in [0.3, 0.4) is 0 Å². The number of phenols is 1. The van der Waals surface area contributed by atoms with Crippen molar-refractivity contribution in [1.29, 1.82) is 0 Å². The van der Waals surface area contributed by atoms with E-state index in [4.69, 9.17) is 17.2 Å². The first-order valence-electron chi connectivity index (χ1n) is 28.3. The van der Waals surface area contributed by atoms with E-state index in [2.05, 4.69) is 52.8 Å². The number of nitrogens with two attached hydrogens (primary N) is 3. The lowest BCUT2D eigenvalue weighted by molar-refractivity contribution is -0.143. The Balaban J connectivity index is 1.91. The van der Waals surface area contributed by atoms with Crippen LogP contribution in [0.1, 0.15) is 104 Å². The summed E-state index contributed by atoms with van der Waals surface area (Å²) in [5.74, 6) is -9.93. The number of carbonyl (C=O) groups excluding carboxylic acids is 10. The first-order valence-corrected chi connectivity index (χ1v) is 29.7. The van der Waals surface area contributed by atoms with Crippen molar-refractivity contribution in [2.24, 2.45) is 29.0 Å². The van der Waals surface area contributed by atoms with E-state index in [1.54, 1.807) is 38.4 Å². The summed E-state index contributed by atoms with van der Waals surface area (Å²) in [5, 5.41) is 53.9. The summed E-state index contributed by atoms with van der Waals surface area (Å²) in [7, 11) is 0. The summed E-state index contributed by atoms with van der Waals surface area (Å²) < 4.78 is 0. The highest BCUT2D eigenvalue weighted by Crippen LogP contribution is 2.20. The van der Waals surface area contributed by atoms with Gasteiger partial charge in [0.2, 0.25) is 59.1 Å². The van der Waals surface area contributed by atoms with E-state index in [1.165, 1.54) is 49.9 Å². The van der Waals surface area contributed by atoms with Crippen molar-refractivity contribution in [1.82, 2.24) is 52.8 Å². The number of carbonyl (C=O) groups is 11. The number of benzene rings is 2. The number of rotatable bonds is 38. The largest absolute Gasteiger partial charge is 0.508 e. The number of thioether (sulfide) groups is 1. The summed E-state index contributed by atoms with van der Waals surface area (Å²) >= 11 is 1.33. The third-order valence-corrected chi connectivity index (χ3v) is 14.2. The predicted molar refractivity (Wildman–Crippen MR) is 318 cm³/mol. The number of primary amides is 1. The number of aromatic amines is 1. The fraction of sp³-hybridized carbons (Fsp3) is 0.561. The maximum Gasteiger partial charge on any atom is 0.326 e. The van der Waals surface area contributed by atoms with E-state index >= 15 is 0 Å². The number of aromatic hydroxyl groups is 1. The molecule has 0 aliphatic carbocycles. The van der Waals surface area contributed by atoms with E-state index < -0.39 is 138 Å². The molecule has 0 saturated carbocycles. The van der Waals surface area contributed by atoms with Crippen LogP contribution in [0.15, 0.2) is 54.7 Å². The molecule has 28 heteroatoms. The lowest BCUT2D eigenvalue weighted by Gasteiger charge is -2.28. The van der Waals surface area contributed by atoms with Crippen molar-refractivity contribution in [3.63, 3.8) is 0 Å². The molecule has 27 nitrogen and oxygen atoms in total. The number of fused-ring (bicyclic) bond motifs is 1. The van der Waals surface area contributed by atoms with E-state index in [-0.39, 0.29) is 62.5 Å². The number of aliphatic carboxylic acids is 1. The molecule has 470 valence electrons. The summed E-state index contributed by atoms with van der Waals surface area (Å²) in [6.45, 7) is 9.25. The molecule has 10 atom stereocenters. The van der Waals surface area contributed by atoms with Gasteiger partial charge in [-0.2, -0.15) is 11.8 Å². The molecule has 1 heterocycles. The molecular weight excluding hydrogens is 1120 g/mol. The van der Waals surface area contributed by atoms with Crippen LogP contribution in [-0.2, 0) is 65.6 Å². The Kier molecular flexibility index (Phi) is 30.4. The van der Waals surface area contributed by atoms with Gasteiger partial charge in [0, 0.05) is 36.4 Å². The van der Waals surface area contributed by atoms with Crippen LogP contribution in [0.5, 0.6) is 5.75 Å². The minimum Gasteiger partial charge on any atom is -0.508 e. The van der Waals surface area contributed by atoms with E-state index in [0.717, 1.165) is 10.9 Å². The smallest absolute Gasteiger partial charge is 0.326 e. The number of hydrogen-bond donors (Lipinski definition) is 16. The third kappa shape index (κ3) is 24.7. The minimum absolute atomic E-state index is 0.0115. The average molecular weight is 1210 g/mol. The number of hydrogen-bond acceptors (Lipinski definition) is 16. The molecule has 0 fully saturated rings. The SMILES string of the molecule is CSCC[C@H](NC(=O)[C@H](CCC(N)=O)NC(=O)[C@H](C)NC(=O)[C@H](Cc1ccc(O)cc1)NC(=O)[C@H](CO)NC(=O)[C@H](CCCCN)NC(=O)[C@H](C)N)C(=O)N[C@@H](Cc1c[nH]c2ccccc12)C(=O)N[C@@H](CC(C)C)C(=O)N[C@@H](CC(C)C)C(=O)O. The normalized spacial score (nSPS) is 14.8. The maximum atomic E-state index is 14.5. The summed E-state index contributed by atoms with van der Waals surface area (Å²) in [6, 6.07) is -0.786. The topological polar surface area (TPSA) is 451 Å². The van der Waals surface area contributed by atoms with Gasteiger partial charge in [-0.1, -0.05) is 58.0 Å². The number of carboxylic acids is 1. The molecule has 0 aliphatic heterocycles. The number of aliphatic hydroxyl groups is 1. The number of unbranched alkanes of at least 4 members (excludes halogenated alkanes) is 1. The zero-order valence-corrected chi connectivity index (χ0v) is 50.1. The van der Waals surface area contributed by atoms with Crippen LogP contribution < -0.4 is 65.1 Å². The Morgan fingerprint density at radius 1 is 0.553 bits per heavy atom. The van der Waals surface area contributed by atoms with Gasteiger partial charge in [0.1, 0.15) is 60.1 Å². The highest BCUT2D eigenvalue weighted by atomic mass is 32.2. The highest BCUT2D eigenvalue weighted by molar-refractivity contribution is 7.98. The van der Waals surface area contributed by atoms with Gasteiger partial charge in [0.05, 0.1) is 12.6 Å². The summed E-state index contributed by atoms with van der Waals surface area (Å²) in [4.78, 5) is 152. The molecule has 19 N–H and O–H groups in total. The maximum absolute atomic E-state index is 14.5. The van der Waals surface area contributed by atoms with Crippen molar-refractivity contribution in [3.8, 4) is 5.75 Å². The molecule has 85 heavy (non-hydrogen) atoms. The minimum atomic E-state index is -1.66. The monoisotopic (exact) mass is 1210 g/mol. The fourth-order valence-electron chi connectivity index (χ4n) is 8.83. The molecule has 0 radical (unpaired) electrons. The quantitative estimate of drug-likeness (QED) is 0.0297. The summed E-state index contributed by atoms with van der Waals surface area (Å²) in [6.07, 6.45) is 3.49. The third-order valence-electron chi connectivity index (χ3n) is 13.5.